The number of halogens is 2. The zero-order valence-corrected chi connectivity index (χ0v) is 13.7. The van der Waals surface area contributed by atoms with Gasteiger partial charge >= 0.3 is 0 Å². The van der Waals surface area contributed by atoms with Crippen LogP contribution in [0.4, 0.5) is 17.2 Å². The molecule has 7 heteroatoms. The molecule has 0 aliphatic carbocycles. The van der Waals surface area contributed by atoms with Gasteiger partial charge in [-0.05, 0) is 43.2 Å². The van der Waals surface area contributed by atoms with Crippen LogP contribution in [0.2, 0.25) is 10.0 Å². The highest BCUT2D eigenvalue weighted by Gasteiger charge is 2.23. The third kappa shape index (κ3) is 4.13. The van der Waals surface area contributed by atoms with E-state index >= 15 is 0 Å². The molecule has 1 amide bonds. The summed E-state index contributed by atoms with van der Waals surface area (Å²) in [5, 5.41) is 6.89. The fourth-order valence-electron chi connectivity index (χ4n) is 2.27. The molecule has 1 saturated heterocycles. The van der Waals surface area contributed by atoms with Crippen LogP contribution in [0.1, 0.15) is 12.8 Å². The van der Waals surface area contributed by atoms with Crippen molar-refractivity contribution in [3.8, 4) is 0 Å². The van der Waals surface area contributed by atoms with Crippen molar-refractivity contribution in [2.45, 2.75) is 18.9 Å². The second-order valence-corrected chi connectivity index (χ2v) is 5.99. The van der Waals surface area contributed by atoms with Crippen LogP contribution in [-0.2, 0) is 9.53 Å². The van der Waals surface area contributed by atoms with E-state index in [2.05, 4.69) is 15.6 Å². The van der Waals surface area contributed by atoms with E-state index in [0.29, 0.717) is 22.5 Å². The first kappa shape index (κ1) is 16.1. The Morgan fingerprint density at radius 3 is 2.65 bits per heavy atom. The van der Waals surface area contributed by atoms with E-state index in [0.717, 1.165) is 24.2 Å². The van der Waals surface area contributed by atoms with Gasteiger partial charge in [-0.15, -0.1) is 0 Å². The number of nitrogens with one attached hydrogen (secondary N) is 2. The molecule has 1 aromatic carbocycles. The molecular weight excluding hydrogens is 337 g/mol. The molecular formula is C16H15Cl2N3O2. The highest BCUT2D eigenvalue weighted by molar-refractivity contribution is 6.42. The largest absolute Gasteiger partial charge is 0.368 e. The maximum atomic E-state index is 11.9. The molecule has 5 nitrogen and oxygen atoms in total. The summed E-state index contributed by atoms with van der Waals surface area (Å²) >= 11 is 11.9. The molecule has 23 heavy (non-hydrogen) atoms. The number of aromatic nitrogens is 1. The number of benzene rings is 1. The van der Waals surface area contributed by atoms with E-state index in [1.807, 2.05) is 12.1 Å². The number of nitrogens with zero attached hydrogens (tertiary/aromatic N) is 1. The third-order valence-corrected chi connectivity index (χ3v) is 4.18. The SMILES string of the molecule is O=C(Nc1ccc(Nc2ccc(Cl)c(Cl)c2)cn1)C1CCCO1. The molecule has 2 aromatic rings. The van der Waals surface area contributed by atoms with Gasteiger partial charge in [-0.2, -0.15) is 0 Å². The van der Waals surface area contributed by atoms with E-state index in [9.17, 15) is 4.79 Å². The molecule has 0 bridgehead atoms. The molecule has 2 heterocycles. The number of carbonyl (C=O) groups is 1. The van der Waals surface area contributed by atoms with Crippen LogP contribution < -0.4 is 10.6 Å². The van der Waals surface area contributed by atoms with Crippen molar-refractivity contribution in [2.75, 3.05) is 17.2 Å². The number of amides is 1. The quantitative estimate of drug-likeness (QED) is 0.864. The maximum Gasteiger partial charge on any atom is 0.254 e. The van der Waals surface area contributed by atoms with Gasteiger partial charge in [0.1, 0.15) is 11.9 Å². The Kier molecular flexibility index (Phi) is 5.00. The summed E-state index contributed by atoms with van der Waals surface area (Å²) in [5.74, 6) is 0.338. The van der Waals surface area contributed by atoms with Crippen molar-refractivity contribution >= 4 is 46.3 Å². The molecule has 0 saturated carbocycles. The molecule has 120 valence electrons. The van der Waals surface area contributed by atoms with Gasteiger partial charge in [0.05, 0.1) is 21.9 Å². The van der Waals surface area contributed by atoms with E-state index < -0.39 is 0 Å². The molecule has 0 spiro atoms. The first-order valence-corrected chi connectivity index (χ1v) is 7.98. The Labute approximate surface area is 144 Å². The van der Waals surface area contributed by atoms with Crippen LogP contribution in [0.25, 0.3) is 0 Å². The lowest BCUT2D eigenvalue weighted by Gasteiger charge is -2.11. The Bertz CT molecular complexity index is 701. The van der Waals surface area contributed by atoms with Gasteiger partial charge < -0.3 is 15.4 Å². The smallest absolute Gasteiger partial charge is 0.254 e. The number of anilines is 3. The van der Waals surface area contributed by atoms with Gasteiger partial charge in [-0.1, -0.05) is 23.2 Å². The van der Waals surface area contributed by atoms with Crippen LogP contribution >= 0.6 is 23.2 Å². The minimum atomic E-state index is -0.370. The summed E-state index contributed by atoms with van der Waals surface area (Å²) < 4.78 is 5.34. The fraction of sp³-hybridized carbons (Fsp3) is 0.250. The van der Waals surface area contributed by atoms with Crippen molar-refractivity contribution in [3.63, 3.8) is 0 Å². The predicted octanol–water partition coefficient (Wildman–Crippen LogP) is 4.25. The first-order valence-electron chi connectivity index (χ1n) is 7.22. The first-order chi connectivity index (χ1) is 11.1. The summed E-state index contributed by atoms with van der Waals surface area (Å²) in [6, 6.07) is 8.82. The number of carbonyl (C=O) groups excluding carboxylic acids is 1. The standard InChI is InChI=1S/C16H15Cl2N3O2/c17-12-5-3-10(8-13(12)18)20-11-4-6-15(19-9-11)21-16(22)14-2-1-7-23-14/h3-6,8-9,14,20H,1-2,7H2,(H,19,21,22). The van der Waals surface area contributed by atoms with Crippen molar-refractivity contribution in [2.24, 2.45) is 0 Å². The topological polar surface area (TPSA) is 63.2 Å². The molecule has 1 fully saturated rings. The van der Waals surface area contributed by atoms with Gasteiger partial charge in [0.15, 0.2) is 0 Å². The van der Waals surface area contributed by atoms with Crippen molar-refractivity contribution in [3.05, 3.63) is 46.6 Å². The molecule has 1 atom stereocenters. The molecule has 1 aliphatic rings. The van der Waals surface area contributed by atoms with Gasteiger partial charge in [0.25, 0.3) is 5.91 Å². The zero-order valence-electron chi connectivity index (χ0n) is 12.2. The van der Waals surface area contributed by atoms with Crippen molar-refractivity contribution in [1.29, 1.82) is 0 Å². The number of hydrogen-bond donors (Lipinski definition) is 2. The maximum absolute atomic E-state index is 11.9. The van der Waals surface area contributed by atoms with Crippen LogP contribution in [0.5, 0.6) is 0 Å². The Morgan fingerprint density at radius 1 is 1.17 bits per heavy atom. The molecule has 3 rings (SSSR count). The average Bonchev–Trinajstić information content (AvgIpc) is 3.07. The Balaban J connectivity index is 1.62. The third-order valence-electron chi connectivity index (χ3n) is 3.45. The van der Waals surface area contributed by atoms with Crippen molar-refractivity contribution in [1.82, 2.24) is 4.98 Å². The molecule has 1 unspecified atom stereocenters. The summed E-state index contributed by atoms with van der Waals surface area (Å²) in [6.45, 7) is 0.637. The number of ether oxygens (including phenoxy) is 1. The van der Waals surface area contributed by atoms with Crippen molar-refractivity contribution < 1.29 is 9.53 Å². The highest BCUT2D eigenvalue weighted by atomic mass is 35.5. The second kappa shape index (κ2) is 7.17. The fourth-order valence-corrected chi connectivity index (χ4v) is 2.57. The summed E-state index contributed by atoms with van der Waals surface area (Å²) in [6.07, 6.45) is 2.93. The van der Waals surface area contributed by atoms with E-state index in [4.69, 9.17) is 27.9 Å². The van der Waals surface area contributed by atoms with E-state index in [-0.39, 0.29) is 12.0 Å². The number of pyridine rings is 1. The monoisotopic (exact) mass is 351 g/mol. The van der Waals surface area contributed by atoms with E-state index in [1.165, 1.54) is 0 Å². The van der Waals surface area contributed by atoms with Crippen LogP contribution in [0.3, 0.4) is 0 Å². The minimum absolute atomic E-state index is 0.153. The average molecular weight is 352 g/mol. The normalized spacial score (nSPS) is 17.0. The Morgan fingerprint density at radius 2 is 2.00 bits per heavy atom. The molecule has 0 radical (unpaired) electrons. The number of rotatable bonds is 4. The lowest BCUT2D eigenvalue weighted by molar-refractivity contribution is -0.124. The molecule has 2 N–H and O–H groups in total. The summed E-state index contributed by atoms with van der Waals surface area (Å²) in [4.78, 5) is 16.2. The lowest BCUT2D eigenvalue weighted by atomic mass is 10.2. The van der Waals surface area contributed by atoms with Gasteiger partial charge in [-0.25, -0.2) is 4.98 Å². The molecule has 1 aliphatic heterocycles. The minimum Gasteiger partial charge on any atom is -0.368 e. The van der Waals surface area contributed by atoms with Crippen LogP contribution in [0, 0.1) is 0 Å². The van der Waals surface area contributed by atoms with Gasteiger partial charge in [0, 0.05) is 12.3 Å². The summed E-state index contributed by atoms with van der Waals surface area (Å²) in [5.41, 5.74) is 1.58. The van der Waals surface area contributed by atoms with Gasteiger partial charge in [-0.3, -0.25) is 4.79 Å². The number of hydrogen-bond acceptors (Lipinski definition) is 4. The predicted molar refractivity (Wildman–Crippen MR) is 91.6 cm³/mol. The highest BCUT2D eigenvalue weighted by Crippen LogP contribution is 2.27. The lowest BCUT2D eigenvalue weighted by Crippen LogP contribution is -2.27. The zero-order chi connectivity index (χ0) is 16.2. The Hall–Kier alpha value is -1.82. The van der Waals surface area contributed by atoms with Crippen LogP contribution in [-0.4, -0.2) is 23.6 Å². The second-order valence-electron chi connectivity index (χ2n) is 5.18. The summed E-state index contributed by atoms with van der Waals surface area (Å²) in [7, 11) is 0. The molecule has 1 aromatic heterocycles. The van der Waals surface area contributed by atoms with E-state index in [1.54, 1.807) is 24.4 Å². The van der Waals surface area contributed by atoms with Gasteiger partial charge in [0.2, 0.25) is 0 Å². The van der Waals surface area contributed by atoms with Crippen LogP contribution in [0.15, 0.2) is 36.5 Å².